The Morgan fingerprint density at radius 1 is 1.10 bits per heavy atom. The number of sulfonamides is 1. The summed E-state index contributed by atoms with van der Waals surface area (Å²) < 4.78 is 39.3. The standard InChI is InChI=1S/C21H24N2O5S/c1-27-16-8-6-15(7-9-16)19-5-3-2-4-12-23(19)29(25,26)17-10-11-20-18(13-17)22-21(24)14-28-20/h6-11,13,19H,2-5,12,14H2,1H3,(H,22,24)/t19-/m1/s1. The summed E-state index contributed by atoms with van der Waals surface area (Å²) in [6.45, 7) is 0.393. The van der Waals surface area contributed by atoms with Crippen LogP contribution in [0, 0.1) is 0 Å². The second kappa shape index (κ2) is 8.04. The molecule has 0 aromatic heterocycles. The zero-order valence-electron chi connectivity index (χ0n) is 16.3. The summed E-state index contributed by atoms with van der Waals surface area (Å²) in [5.74, 6) is 0.922. The molecule has 1 N–H and O–H groups in total. The number of anilines is 1. The predicted octanol–water partition coefficient (Wildman–Crippen LogP) is 3.33. The monoisotopic (exact) mass is 416 g/mol. The van der Waals surface area contributed by atoms with Crippen LogP contribution >= 0.6 is 0 Å². The average Bonchev–Trinajstić information content (AvgIpc) is 3.00. The van der Waals surface area contributed by atoms with Crippen molar-refractivity contribution < 1.29 is 22.7 Å². The lowest BCUT2D eigenvalue weighted by atomic mass is 10.0. The smallest absolute Gasteiger partial charge is 0.262 e. The minimum Gasteiger partial charge on any atom is -0.497 e. The van der Waals surface area contributed by atoms with Crippen LogP contribution in [0.5, 0.6) is 11.5 Å². The number of methoxy groups -OCH3 is 1. The molecule has 2 aliphatic rings. The van der Waals surface area contributed by atoms with Crippen molar-refractivity contribution in [1.82, 2.24) is 4.31 Å². The van der Waals surface area contributed by atoms with E-state index in [2.05, 4.69) is 5.32 Å². The Balaban J connectivity index is 1.70. The summed E-state index contributed by atoms with van der Waals surface area (Å²) in [5, 5.41) is 2.68. The molecule has 1 atom stereocenters. The summed E-state index contributed by atoms with van der Waals surface area (Å²) in [6, 6.07) is 12.0. The van der Waals surface area contributed by atoms with Gasteiger partial charge in [-0.25, -0.2) is 8.42 Å². The van der Waals surface area contributed by atoms with Crippen molar-refractivity contribution in [1.29, 1.82) is 0 Å². The normalized spacial score (nSPS) is 20.2. The highest BCUT2D eigenvalue weighted by atomic mass is 32.2. The van der Waals surface area contributed by atoms with Gasteiger partial charge in [-0.05, 0) is 48.7 Å². The summed E-state index contributed by atoms with van der Waals surface area (Å²) >= 11 is 0. The van der Waals surface area contributed by atoms with Crippen molar-refractivity contribution >= 4 is 21.6 Å². The number of carbonyl (C=O) groups excluding carboxylic acids is 1. The van der Waals surface area contributed by atoms with Crippen LogP contribution in [0.2, 0.25) is 0 Å². The zero-order valence-corrected chi connectivity index (χ0v) is 17.1. The third-order valence-electron chi connectivity index (χ3n) is 5.39. The van der Waals surface area contributed by atoms with Gasteiger partial charge in [-0.15, -0.1) is 0 Å². The van der Waals surface area contributed by atoms with E-state index >= 15 is 0 Å². The maximum absolute atomic E-state index is 13.6. The fourth-order valence-corrected chi connectivity index (χ4v) is 5.60. The number of nitrogens with one attached hydrogen (secondary N) is 1. The van der Waals surface area contributed by atoms with Crippen molar-refractivity contribution in [3.8, 4) is 11.5 Å². The summed E-state index contributed by atoms with van der Waals surface area (Å²) in [4.78, 5) is 11.8. The molecule has 154 valence electrons. The molecular weight excluding hydrogens is 392 g/mol. The van der Waals surface area contributed by atoms with Gasteiger partial charge in [-0.1, -0.05) is 25.0 Å². The molecule has 1 fully saturated rings. The Morgan fingerprint density at radius 3 is 2.66 bits per heavy atom. The Kier molecular flexibility index (Phi) is 5.47. The Hall–Kier alpha value is -2.58. The number of amides is 1. The maximum Gasteiger partial charge on any atom is 0.262 e. The third-order valence-corrected chi connectivity index (χ3v) is 7.30. The first-order valence-electron chi connectivity index (χ1n) is 9.71. The van der Waals surface area contributed by atoms with E-state index in [1.165, 1.54) is 6.07 Å². The SMILES string of the molecule is COc1ccc([C@H]2CCCCCN2S(=O)(=O)c2ccc3c(c2)NC(=O)CO3)cc1. The van der Waals surface area contributed by atoms with E-state index in [1.807, 2.05) is 24.3 Å². The fraction of sp³-hybridized carbons (Fsp3) is 0.381. The van der Waals surface area contributed by atoms with Crippen molar-refractivity contribution in [2.75, 3.05) is 25.6 Å². The maximum atomic E-state index is 13.6. The molecule has 4 rings (SSSR count). The van der Waals surface area contributed by atoms with E-state index in [4.69, 9.17) is 9.47 Å². The molecule has 2 aliphatic heterocycles. The summed E-state index contributed by atoms with van der Waals surface area (Å²) in [7, 11) is -2.15. The summed E-state index contributed by atoms with van der Waals surface area (Å²) in [5.41, 5.74) is 1.34. The van der Waals surface area contributed by atoms with E-state index in [0.29, 0.717) is 18.0 Å². The number of rotatable bonds is 4. The van der Waals surface area contributed by atoms with Crippen LogP contribution in [0.3, 0.4) is 0 Å². The van der Waals surface area contributed by atoms with Crippen molar-refractivity contribution in [2.24, 2.45) is 0 Å². The number of carbonyl (C=O) groups is 1. The first-order chi connectivity index (χ1) is 14.0. The summed E-state index contributed by atoms with van der Waals surface area (Å²) in [6.07, 6.45) is 3.54. The molecule has 7 nitrogen and oxygen atoms in total. The number of nitrogens with zero attached hydrogens (tertiary/aromatic N) is 1. The van der Waals surface area contributed by atoms with Gasteiger partial charge in [0.25, 0.3) is 5.91 Å². The minimum atomic E-state index is -3.75. The molecule has 1 saturated heterocycles. The number of ether oxygens (including phenoxy) is 2. The highest BCUT2D eigenvalue weighted by Gasteiger charge is 2.34. The first-order valence-corrected chi connectivity index (χ1v) is 11.2. The van der Waals surface area contributed by atoms with E-state index in [9.17, 15) is 13.2 Å². The van der Waals surface area contributed by atoms with E-state index in [-0.39, 0.29) is 23.5 Å². The van der Waals surface area contributed by atoms with Crippen LogP contribution in [-0.4, -0.2) is 38.9 Å². The lowest BCUT2D eigenvalue weighted by Crippen LogP contribution is -2.35. The number of fused-ring (bicyclic) bond motifs is 1. The molecule has 29 heavy (non-hydrogen) atoms. The van der Waals surface area contributed by atoms with Gasteiger partial charge in [0.15, 0.2) is 6.61 Å². The molecule has 0 radical (unpaired) electrons. The Morgan fingerprint density at radius 2 is 1.90 bits per heavy atom. The molecule has 2 aromatic rings. The van der Waals surface area contributed by atoms with Crippen LogP contribution in [0.15, 0.2) is 47.4 Å². The van der Waals surface area contributed by atoms with Gasteiger partial charge >= 0.3 is 0 Å². The number of hydrogen-bond donors (Lipinski definition) is 1. The van der Waals surface area contributed by atoms with Crippen molar-refractivity contribution in [3.05, 3.63) is 48.0 Å². The molecule has 2 aromatic carbocycles. The molecule has 0 unspecified atom stereocenters. The fourth-order valence-electron chi connectivity index (χ4n) is 3.89. The highest BCUT2D eigenvalue weighted by Crippen LogP contribution is 2.37. The van der Waals surface area contributed by atoms with E-state index < -0.39 is 10.0 Å². The molecule has 8 heteroatoms. The quantitative estimate of drug-likeness (QED) is 0.826. The van der Waals surface area contributed by atoms with Crippen LogP contribution in [0.1, 0.15) is 37.3 Å². The Labute approximate surface area is 170 Å². The molecule has 0 aliphatic carbocycles. The van der Waals surface area contributed by atoms with Crippen molar-refractivity contribution in [2.45, 2.75) is 36.6 Å². The van der Waals surface area contributed by atoms with Gasteiger partial charge < -0.3 is 14.8 Å². The Bertz CT molecular complexity index is 1000. The lowest BCUT2D eigenvalue weighted by molar-refractivity contribution is -0.118. The average molecular weight is 416 g/mol. The predicted molar refractivity (Wildman–Crippen MR) is 109 cm³/mol. The minimum absolute atomic E-state index is 0.0647. The number of hydrogen-bond acceptors (Lipinski definition) is 5. The molecular formula is C21H24N2O5S. The van der Waals surface area contributed by atoms with E-state index in [0.717, 1.165) is 37.0 Å². The van der Waals surface area contributed by atoms with Gasteiger partial charge in [-0.2, -0.15) is 4.31 Å². The largest absolute Gasteiger partial charge is 0.497 e. The van der Waals surface area contributed by atoms with Gasteiger partial charge in [-0.3, -0.25) is 4.79 Å². The topological polar surface area (TPSA) is 84.9 Å². The lowest BCUT2D eigenvalue weighted by Gasteiger charge is -2.30. The number of benzene rings is 2. The first kappa shape index (κ1) is 19.7. The van der Waals surface area contributed by atoms with Gasteiger partial charge in [0, 0.05) is 6.54 Å². The third kappa shape index (κ3) is 3.95. The molecule has 2 heterocycles. The van der Waals surface area contributed by atoms with Gasteiger partial charge in [0.1, 0.15) is 11.5 Å². The second-order valence-electron chi connectivity index (χ2n) is 7.25. The second-order valence-corrected chi connectivity index (χ2v) is 9.14. The molecule has 0 saturated carbocycles. The van der Waals surface area contributed by atoms with E-state index in [1.54, 1.807) is 23.5 Å². The molecule has 0 spiro atoms. The highest BCUT2D eigenvalue weighted by molar-refractivity contribution is 7.89. The van der Waals surface area contributed by atoms with Gasteiger partial charge in [0.2, 0.25) is 10.0 Å². The van der Waals surface area contributed by atoms with Crippen LogP contribution in [0.4, 0.5) is 5.69 Å². The zero-order chi connectivity index (χ0) is 20.4. The van der Waals surface area contributed by atoms with Crippen molar-refractivity contribution in [3.63, 3.8) is 0 Å². The van der Waals surface area contributed by atoms with Crippen LogP contribution in [0.25, 0.3) is 0 Å². The molecule has 1 amide bonds. The van der Waals surface area contributed by atoms with Gasteiger partial charge in [0.05, 0.1) is 23.7 Å². The van der Waals surface area contributed by atoms with Crippen LogP contribution < -0.4 is 14.8 Å². The van der Waals surface area contributed by atoms with Crippen LogP contribution in [-0.2, 0) is 14.8 Å². The molecule has 0 bridgehead atoms.